The molecule has 0 N–H and O–H groups in total. The topological polar surface area (TPSA) is 36.9 Å². The number of allylic oxidation sites excluding steroid dienone is 4. The Hall–Kier alpha value is -1.32. The highest BCUT2D eigenvalue weighted by Crippen LogP contribution is 2.39. The van der Waals surface area contributed by atoms with Gasteiger partial charge in [-0.2, -0.15) is 0 Å². The molecule has 0 amide bonds. The number of hydrogen-bond acceptors (Lipinski definition) is 4. The van der Waals surface area contributed by atoms with Crippen molar-refractivity contribution in [3.8, 4) is 0 Å². The van der Waals surface area contributed by atoms with Crippen LogP contribution in [0.5, 0.6) is 0 Å². The Morgan fingerprint density at radius 1 is 0.600 bits per heavy atom. The van der Waals surface area contributed by atoms with Crippen molar-refractivity contribution >= 4 is 0 Å². The van der Waals surface area contributed by atoms with Gasteiger partial charge >= 0.3 is 0 Å². The smallest absolute Gasteiger partial charge is 0.230 e. The van der Waals surface area contributed by atoms with Gasteiger partial charge in [0.15, 0.2) is 0 Å². The Kier molecular flexibility index (Phi) is 7.28. The zero-order valence-electron chi connectivity index (χ0n) is 17.9. The van der Waals surface area contributed by atoms with Crippen molar-refractivity contribution in [3.63, 3.8) is 0 Å². The van der Waals surface area contributed by atoms with Crippen LogP contribution in [0, 0.1) is 22.7 Å². The van der Waals surface area contributed by atoms with Gasteiger partial charge < -0.3 is 18.9 Å². The summed E-state index contributed by atoms with van der Waals surface area (Å²) >= 11 is 0. The summed E-state index contributed by atoms with van der Waals surface area (Å²) in [6.07, 6.45) is 0. The van der Waals surface area contributed by atoms with Gasteiger partial charge in [0.2, 0.25) is 6.79 Å². The molecule has 4 nitrogen and oxygen atoms in total. The monoisotopic (exact) mass is 354 g/mol. The fourth-order valence-electron chi connectivity index (χ4n) is 2.73. The second kappa shape index (κ2) is 8.37. The first-order valence-corrected chi connectivity index (χ1v) is 9.36. The average molecular weight is 355 g/mol. The molecule has 0 aromatic carbocycles. The van der Waals surface area contributed by atoms with E-state index in [1.165, 1.54) is 0 Å². The molecule has 0 aliphatic carbocycles. The minimum Gasteiger partial charge on any atom is -0.490 e. The van der Waals surface area contributed by atoms with Crippen molar-refractivity contribution in [2.45, 2.75) is 69.2 Å². The summed E-state index contributed by atoms with van der Waals surface area (Å²) in [6.45, 7) is 23.2. The summed E-state index contributed by atoms with van der Waals surface area (Å²) in [6, 6.07) is 0. The molecule has 0 unspecified atom stereocenters. The van der Waals surface area contributed by atoms with Gasteiger partial charge in [-0.3, -0.25) is 0 Å². The lowest BCUT2D eigenvalue weighted by atomic mass is 9.84. The predicted octanol–water partition coefficient (Wildman–Crippen LogP) is 5.85. The highest BCUT2D eigenvalue weighted by Gasteiger charge is 2.33. The van der Waals surface area contributed by atoms with Crippen LogP contribution < -0.4 is 0 Å². The number of ether oxygens (including phenoxy) is 4. The lowest BCUT2D eigenvalue weighted by molar-refractivity contribution is 0.00833. The minimum absolute atomic E-state index is 0.0308. The lowest BCUT2D eigenvalue weighted by Crippen LogP contribution is -2.28. The van der Waals surface area contributed by atoms with Crippen LogP contribution in [0.1, 0.15) is 69.2 Å². The van der Waals surface area contributed by atoms with Crippen LogP contribution in [0.2, 0.25) is 0 Å². The molecular formula is C21H38O4. The summed E-state index contributed by atoms with van der Waals surface area (Å²) < 4.78 is 22.2. The molecule has 2 heterocycles. The standard InChI is InChI=1S/C12H22O2.C9H16O2/c1-11(2,3)9-10(12(4,5)6)14-8-7-13-9;1-6(2)8-9(7(3)4)11-5-10-8/h7-8H2,1-6H3;6-7H,5H2,1-4H3. The molecule has 0 bridgehead atoms. The van der Waals surface area contributed by atoms with Gasteiger partial charge in [0, 0.05) is 22.7 Å². The third-order valence-corrected chi connectivity index (χ3v) is 3.87. The molecule has 4 heteroatoms. The van der Waals surface area contributed by atoms with Gasteiger partial charge in [-0.1, -0.05) is 69.2 Å². The summed E-state index contributed by atoms with van der Waals surface area (Å²) in [5.74, 6) is 4.96. The van der Waals surface area contributed by atoms with E-state index in [1.54, 1.807) is 0 Å². The van der Waals surface area contributed by atoms with Gasteiger partial charge in [-0.15, -0.1) is 0 Å². The first-order chi connectivity index (χ1) is 11.4. The third-order valence-electron chi connectivity index (χ3n) is 3.87. The van der Waals surface area contributed by atoms with E-state index in [4.69, 9.17) is 18.9 Å². The van der Waals surface area contributed by atoms with Crippen molar-refractivity contribution in [3.05, 3.63) is 23.0 Å². The molecule has 0 radical (unpaired) electrons. The van der Waals surface area contributed by atoms with Crippen LogP contribution in [0.25, 0.3) is 0 Å². The van der Waals surface area contributed by atoms with E-state index >= 15 is 0 Å². The second-order valence-electron chi connectivity index (χ2n) is 9.30. The largest absolute Gasteiger partial charge is 0.490 e. The van der Waals surface area contributed by atoms with E-state index in [9.17, 15) is 0 Å². The molecule has 0 aromatic rings. The minimum atomic E-state index is 0.0308. The first kappa shape index (κ1) is 21.7. The summed E-state index contributed by atoms with van der Waals surface area (Å²) in [4.78, 5) is 0. The van der Waals surface area contributed by atoms with Crippen LogP contribution in [0.15, 0.2) is 23.0 Å². The highest BCUT2D eigenvalue weighted by molar-refractivity contribution is 5.16. The second-order valence-corrected chi connectivity index (χ2v) is 9.30. The Balaban J connectivity index is 0.000000257. The van der Waals surface area contributed by atoms with E-state index in [0.717, 1.165) is 23.0 Å². The average Bonchev–Trinajstić information content (AvgIpc) is 2.96. The van der Waals surface area contributed by atoms with Crippen LogP contribution >= 0.6 is 0 Å². The fourth-order valence-corrected chi connectivity index (χ4v) is 2.73. The predicted molar refractivity (Wildman–Crippen MR) is 102 cm³/mol. The zero-order chi connectivity index (χ0) is 19.4. The van der Waals surface area contributed by atoms with E-state index < -0.39 is 0 Å². The molecule has 25 heavy (non-hydrogen) atoms. The molecule has 0 atom stereocenters. The molecule has 2 aliphatic heterocycles. The maximum Gasteiger partial charge on any atom is 0.230 e. The van der Waals surface area contributed by atoms with E-state index in [1.807, 2.05) is 0 Å². The maximum atomic E-state index is 5.74. The molecule has 0 aromatic heterocycles. The summed E-state index contributed by atoms with van der Waals surface area (Å²) in [5.41, 5.74) is 0.0616. The van der Waals surface area contributed by atoms with E-state index in [-0.39, 0.29) is 10.8 Å². The van der Waals surface area contributed by atoms with Crippen molar-refractivity contribution in [2.75, 3.05) is 20.0 Å². The van der Waals surface area contributed by atoms with Gasteiger partial charge in [0.1, 0.15) is 36.3 Å². The lowest BCUT2D eigenvalue weighted by Gasteiger charge is -2.35. The SMILES string of the molecule is CC(C)(C)C1=C(C(C)(C)C)OCCO1.CC(C)C1=C(C(C)C)OCO1. The van der Waals surface area contributed by atoms with E-state index in [2.05, 4.69) is 69.2 Å². The summed E-state index contributed by atoms with van der Waals surface area (Å²) in [7, 11) is 0. The summed E-state index contributed by atoms with van der Waals surface area (Å²) in [5, 5.41) is 0. The molecule has 2 rings (SSSR count). The van der Waals surface area contributed by atoms with Crippen LogP contribution in [-0.4, -0.2) is 20.0 Å². The van der Waals surface area contributed by atoms with Crippen LogP contribution in [-0.2, 0) is 18.9 Å². The Morgan fingerprint density at radius 3 is 1.16 bits per heavy atom. The maximum absolute atomic E-state index is 5.74. The number of rotatable bonds is 2. The van der Waals surface area contributed by atoms with Crippen molar-refractivity contribution in [2.24, 2.45) is 22.7 Å². The van der Waals surface area contributed by atoms with Gasteiger partial charge in [-0.25, -0.2) is 0 Å². The van der Waals surface area contributed by atoms with Crippen molar-refractivity contribution < 1.29 is 18.9 Å². The Labute approximate surface area is 154 Å². The quantitative estimate of drug-likeness (QED) is 0.623. The van der Waals surface area contributed by atoms with Gasteiger partial charge in [-0.05, 0) is 0 Å². The molecule has 0 saturated carbocycles. The van der Waals surface area contributed by atoms with Crippen molar-refractivity contribution in [1.82, 2.24) is 0 Å². The highest BCUT2D eigenvalue weighted by atomic mass is 16.7. The molecular weight excluding hydrogens is 316 g/mol. The van der Waals surface area contributed by atoms with Crippen LogP contribution in [0.3, 0.4) is 0 Å². The van der Waals surface area contributed by atoms with E-state index in [0.29, 0.717) is 31.8 Å². The fraction of sp³-hybridized carbons (Fsp3) is 0.810. The molecule has 0 saturated heterocycles. The molecule has 0 spiro atoms. The third kappa shape index (κ3) is 6.16. The van der Waals surface area contributed by atoms with Crippen molar-refractivity contribution in [1.29, 1.82) is 0 Å². The van der Waals surface area contributed by atoms with Crippen LogP contribution in [0.4, 0.5) is 0 Å². The molecule has 2 aliphatic rings. The molecule has 0 fully saturated rings. The Bertz CT molecular complexity index is 455. The number of hydrogen-bond donors (Lipinski definition) is 0. The van der Waals surface area contributed by atoms with Gasteiger partial charge in [0.25, 0.3) is 0 Å². The normalized spacial score (nSPS) is 18.4. The van der Waals surface area contributed by atoms with Gasteiger partial charge in [0.05, 0.1) is 0 Å². The first-order valence-electron chi connectivity index (χ1n) is 9.36. The zero-order valence-corrected chi connectivity index (χ0v) is 17.9. The Morgan fingerprint density at radius 2 is 0.920 bits per heavy atom. The molecule has 146 valence electrons.